The minimum absolute atomic E-state index is 0.0678. The summed E-state index contributed by atoms with van der Waals surface area (Å²) in [5.41, 5.74) is -0.142. The van der Waals surface area contributed by atoms with Crippen LogP contribution in [0.15, 0.2) is 60.9 Å². The molecule has 2 fully saturated rings. The van der Waals surface area contributed by atoms with Crippen LogP contribution < -0.4 is 20.1 Å². The number of piperidine rings is 1. The predicted octanol–water partition coefficient (Wildman–Crippen LogP) is 5.96. The van der Waals surface area contributed by atoms with E-state index in [0.29, 0.717) is 29.2 Å². The lowest BCUT2D eigenvalue weighted by Gasteiger charge is -2.30. The third kappa shape index (κ3) is 6.84. The number of hydrogen-bond acceptors (Lipinski definition) is 8. The van der Waals surface area contributed by atoms with Crippen molar-refractivity contribution in [3.63, 3.8) is 0 Å². The van der Waals surface area contributed by atoms with Gasteiger partial charge in [-0.3, -0.25) is 0 Å². The number of pyridine rings is 1. The van der Waals surface area contributed by atoms with Crippen LogP contribution in [0.3, 0.4) is 0 Å². The Hall–Kier alpha value is -3.94. The van der Waals surface area contributed by atoms with Crippen molar-refractivity contribution in [1.29, 1.82) is 0 Å². The van der Waals surface area contributed by atoms with Gasteiger partial charge >= 0.3 is 0 Å². The first-order valence-corrected chi connectivity index (χ1v) is 15.2. The molecule has 1 aliphatic carbocycles. The summed E-state index contributed by atoms with van der Waals surface area (Å²) < 4.78 is 79.0. The molecule has 3 N–H and O–H groups in total. The molecule has 2 aromatic heterocycles. The SMILES string of the molecule is [O-][S+](Cc1ccccc1F)Nc1c(F)cc(Oc2ncccc2-c2ccnc(NC3CNCC(C4CC4)C3)n2)c(F)c1F. The van der Waals surface area contributed by atoms with Gasteiger partial charge in [-0.2, -0.15) is 4.39 Å². The second-order valence-corrected chi connectivity index (χ2v) is 11.8. The van der Waals surface area contributed by atoms with E-state index in [0.717, 1.165) is 25.4 Å². The number of aromatic nitrogens is 3. The Kier molecular flexibility index (Phi) is 8.63. The molecule has 3 unspecified atom stereocenters. The van der Waals surface area contributed by atoms with Crippen LogP contribution in [0.2, 0.25) is 0 Å². The van der Waals surface area contributed by atoms with Crippen molar-refractivity contribution in [3.05, 3.63) is 89.8 Å². The summed E-state index contributed by atoms with van der Waals surface area (Å²) in [6.45, 7) is 1.80. The highest BCUT2D eigenvalue weighted by atomic mass is 32.2. The van der Waals surface area contributed by atoms with Gasteiger partial charge in [0.2, 0.25) is 17.6 Å². The molecule has 2 aromatic carbocycles. The molecule has 1 aliphatic heterocycles. The van der Waals surface area contributed by atoms with E-state index >= 15 is 4.39 Å². The Morgan fingerprint density at radius 3 is 2.58 bits per heavy atom. The molecular weight excluding hydrogens is 584 g/mol. The maximum Gasteiger partial charge on any atom is 0.228 e. The highest BCUT2D eigenvalue weighted by molar-refractivity contribution is 7.91. The van der Waals surface area contributed by atoms with Crippen molar-refractivity contribution in [2.45, 2.75) is 31.1 Å². The number of nitrogens with one attached hydrogen (secondary N) is 3. The lowest BCUT2D eigenvalue weighted by Crippen LogP contribution is -2.44. The van der Waals surface area contributed by atoms with Crippen LogP contribution in [0, 0.1) is 35.1 Å². The Labute approximate surface area is 248 Å². The van der Waals surface area contributed by atoms with E-state index in [2.05, 4.69) is 30.3 Å². The maximum absolute atomic E-state index is 15.1. The third-order valence-corrected chi connectivity index (χ3v) is 8.51. The van der Waals surface area contributed by atoms with Crippen LogP contribution in [-0.4, -0.2) is 38.6 Å². The third-order valence-electron chi connectivity index (χ3n) is 7.50. The van der Waals surface area contributed by atoms with Gasteiger partial charge in [-0.05, 0) is 61.9 Å². The summed E-state index contributed by atoms with van der Waals surface area (Å²) in [5.74, 6) is -4.55. The molecule has 224 valence electrons. The summed E-state index contributed by atoms with van der Waals surface area (Å²) in [4.78, 5) is 13.1. The Bertz CT molecular complexity index is 1610. The normalized spacial score (nSPS) is 19.1. The molecule has 0 radical (unpaired) electrons. The largest absolute Gasteiger partial charge is 0.593 e. The van der Waals surface area contributed by atoms with Gasteiger partial charge in [0.1, 0.15) is 5.82 Å². The fraction of sp³-hybridized carbons (Fsp3) is 0.300. The molecule has 0 spiro atoms. The van der Waals surface area contributed by atoms with Crippen LogP contribution >= 0.6 is 0 Å². The van der Waals surface area contributed by atoms with E-state index in [-0.39, 0.29) is 17.5 Å². The van der Waals surface area contributed by atoms with Gasteiger partial charge in [0.25, 0.3) is 0 Å². The van der Waals surface area contributed by atoms with Crippen molar-refractivity contribution in [1.82, 2.24) is 20.3 Å². The van der Waals surface area contributed by atoms with Gasteiger partial charge in [0.05, 0.1) is 22.6 Å². The van der Waals surface area contributed by atoms with Crippen LogP contribution in [0.1, 0.15) is 24.8 Å². The van der Waals surface area contributed by atoms with Gasteiger partial charge in [-0.15, -0.1) is 0 Å². The number of halogens is 4. The molecule has 8 nitrogen and oxygen atoms in total. The molecular formula is C30H28F4N6O2S. The molecule has 1 saturated heterocycles. The van der Waals surface area contributed by atoms with Crippen molar-refractivity contribution in [2.75, 3.05) is 23.1 Å². The van der Waals surface area contributed by atoms with E-state index in [9.17, 15) is 17.7 Å². The molecule has 4 aromatic rings. The molecule has 0 amide bonds. The fourth-order valence-electron chi connectivity index (χ4n) is 5.19. The summed E-state index contributed by atoms with van der Waals surface area (Å²) in [6, 6.07) is 11.2. The average Bonchev–Trinajstić information content (AvgIpc) is 3.86. The topological polar surface area (TPSA) is 107 Å². The van der Waals surface area contributed by atoms with Gasteiger partial charge in [0.15, 0.2) is 28.8 Å². The lowest BCUT2D eigenvalue weighted by atomic mass is 9.91. The Balaban J connectivity index is 1.19. The van der Waals surface area contributed by atoms with Crippen LogP contribution in [-0.2, 0) is 17.1 Å². The number of nitrogens with zero attached hydrogens (tertiary/aromatic N) is 3. The standard InChI is InChI=1S/C30H28F4N6O2S/c31-22-6-2-1-4-18(22)16-43(41)40-28-23(32)13-25(26(33)27(28)34)42-29-21(5-3-10-36-29)24-9-11-37-30(39-24)38-20-12-19(14-35-15-20)17-7-8-17/h1-6,9-11,13,17,19-20,35,40H,7-8,12,14-16H2,(H,37,38,39). The molecule has 3 heterocycles. The molecule has 0 bridgehead atoms. The number of ether oxygens (including phenoxy) is 1. The van der Waals surface area contributed by atoms with Crippen LogP contribution in [0.5, 0.6) is 11.6 Å². The van der Waals surface area contributed by atoms with Gasteiger partial charge in [-0.25, -0.2) is 32.8 Å². The second-order valence-electron chi connectivity index (χ2n) is 10.6. The van der Waals surface area contributed by atoms with Crippen molar-refractivity contribution < 1.29 is 26.9 Å². The van der Waals surface area contributed by atoms with E-state index in [1.54, 1.807) is 24.4 Å². The second kappa shape index (κ2) is 12.7. The first-order valence-electron chi connectivity index (χ1n) is 13.8. The first kappa shape index (κ1) is 29.1. The zero-order chi connectivity index (χ0) is 29.9. The molecule has 6 rings (SSSR count). The minimum Gasteiger partial charge on any atom is -0.593 e. The van der Waals surface area contributed by atoms with E-state index in [4.69, 9.17) is 4.74 Å². The van der Waals surface area contributed by atoms with Gasteiger partial charge < -0.3 is 19.9 Å². The van der Waals surface area contributed by atoms with Gasteiger partial charge in [-0.1, -0.05) is 18.2 Å². The zero-order valence-corrected chi connectivity index (χ0v) is 23.6. The predicted molar refractivity (Wildman–Crippen MR) is 155 cm³/mol. The van der Waals surface area contributed by atoms with E-state index in [1.165, 1.54) is 43.3 Å². The number of hydrogen-bond donors (Lipinski definition) is 3. The lowest BCUT2D eigenvalue weighted by molar-refractivity contribution is 0.321. The maximum atomic E-state index is 15.1. The quantitative estimate of drug-likeness (QED) is 0.114. The van der Waals surface area contributed by atoms with Crippen molar-refractivity contribution in [2.24, 2.45) is 11.8 Å². The molecule has 43 heavy (non-hydrogen) atoms. The summed E-state index contributed by atoms with van der Waals surface area (Å²) >= 11 is -2.15. The Morgan fingerprint density at radius 1 is 0.930 bits per heavy atom. The van der Waals surface area contributed by atoms with Crippen LogP contribution in [0.25, 0.3) is 11.3 Å². The summed E-state index contributed by atoms with van der Waals surface area (Å²) in [6.07, 6.45) is 6.52. The number of anilines is 2. The average molecular weight is 613 g/mol. The highest BCUT2D eigenvalue weighted by Gasteiger charge is 2.35. The molecule has 2 aliphatic rings. The zero-order valence-electron chi connectivity index (χ0n) is 22.8. The number of benzene rings is 2. The molecule has 1 saturated carbocycles. The summed E-state index contributed by atoms with van der Waals surface area (Å²) in [7, 11) is 0. The van der Waals surface area contributed by atoms with Crippen LogP contribution in [0.4, 0.5) is 29.2 Å². The molecule has 3 atom stereocenters. The van der Waals surface area contributed by atoms with Gasteiger partial charge in [0, 0.05) is 36.6 Å². The fourth-order valence-corrected chi connectivity index (χ4v) is 6.20. The smallest absolute Gasteiger partial charge is 0.228 e. The molecule has 13 heteroatoms. The minimum atomic E-state index is -2.15. The highest BCUT2D eigenvalue weighted by Crippen LogP contribution is 2.40. The summed E-state index contributed by atoms with van der Waals surface area (Å²) in [5, 5.41) is 6.85. The van der Waals surface area contributed by atoms with Crippen molar-refractivity contribution in [3.8, 4) is 22.9 Å². The number of rotatable bonds is 10. The Morgan fingerprint density at radius 2 is 1.77 bits per heavy atom. The monoisotopic (exact) mass is 612 g/mol. The van der Waals surface area contributed by atoms with Crippen molar-refractivity contribution >= 4 is 23.0 Å². The van der Waals surface area contributed by atoms with E-state index < -0.39 is 51.8 Å². The first-order chi connectivity index (χ1) is 20.9. The van der Waals surface area contributed by atoms with E-state index in [1.807, 2.05) is 0 Å².